The predicted octanol–water partition coefficient (Wildman–Crippen LogP) is 8.87. The zero-order valence-corrected chi connectivity index (χ0v) is 22.7. The van der Waals surface area contributed by atoms with Gasteiger partial charge in [0.15, 0.2) is 0 Å². The molecule has 0 N–H and O–H groups in total. The average Bonchev–Trinajstić information content (AvgIpc) is 2.72. The van der Waals surface area contributed by atoms with Crippen LogP contribution >= 0.6 is 0 Å². The van der Waals surface area contributed by atoms with Crippen LogP contribution in [0.25, 0.3) is 0 Å². The van der Waals surface area contributed by atoms with Crippen molar-refractivity contribution in [3.05, 3.63) is 0 Å². The summed E-state index contributed by atoms with van der Waals surface area (Å²) >= 11 is 0. The van der Waals surface area contributed by atoms with Crippen LogP contribution in [0.1, 0.15) is 103 Å². The summed E-state index contributed by atoms with van der Waals surface area (Å²) in [4.78, 5) is 4.46. The Morgan fingerprint density at radius 1 is 0.552 bits per heavy atom. The van der Waals surface area contributed by atoms with E-state index in [4.69, 9.17) is 0 Å². The first-order chi connectivity index (χ1) is 13.3. The van der Waals surface area contributed by atoms with E-state index in [9.17, 15) is 0 Å². The van der Waals surface area contributed by atoms with Crippen LogP contribution in [-0.4, -0.2) is 12.8 Å². The Kier molecular flexibility index (Phi) is 13.0. The fourth-order valence-electron chi connectivity index (χ4n) is 5.63. The van der Waals surface area contributed by atoms with Crippen molar-refractivity contribution in [3.8, 4) is 0 Å². The van der Waals surface area contributed by atoms with Crippen LogP contribution in [0.5, 0.6) is 0 Å². The van der Waals surface area contributed by atoms with Gasteiger partial charge < -0.3 is 0 Å². The Labute approximate surface area is 185 Å². The molecular weight excluding hydrogens is 350 g/mol. The Hall–Kier alpha value is -0.330. The minimum atomic E-state index is 0.567. The Balaban J connectivity index is 5.12. The minimum Gasteiger partial charge on any atom is -0.297 e. The van der Waals surface area contributed by atoms with Gasteiger partial charge in [-0.3, -0.25) is 4.99 Å². The Morgan fingerprint density at radius 2 is 0.862 bits per heavy atom. The molecule has 0 aliphatic carbocycles. The summed E-state index contributed by atoms with van der Waals surface area (Å²) < 4.78 is 0. The topological polar surface area (TPSA) is 12.4 Å². The van der Waals surface area contributed by atoms with Crippen LogP contribution < -0.4 is 0 Å². The zero-order valence-electron chi connectivity index (χ0n) is 22.7. The number of rotatable bonds is 13. The van der Waals surface area contributed by atoms with E-state index in [0.29, 0.717) is 17.8 Å². The second-order valence-electron chi connectivity index (χ2n) is 11.2. The highest BCUT2D eigenvalue weighted by molar-refractivity contribution is 5.84. The van der Waals surface area contributed by atoms with Crippen LogP contribution in [0.3, 0.4) is 0 Å². The molecule has 29 heavy (non-hydrogen) atoms. The first kappa shape index (κ1) is 28.7. The SMILES string of the molecule is CCCC(C)C(C)[C@@H](C)C(C)C(C)C(C)C(C)C(C)[C@H](C)[C@H](C)C(C)/C(C)=N\C. The van der Waals surface area contributed by atoms with E-state index in [1.807, 2.05) is 7.05 Å². The average molecular weight is 408 g/mol. The molecule has 0 aromatic carbocycles. The molecule has 8 unspecified atom stereocenters. The van der Waals surface area contributed by atoms with Gasteiger partial charge in [0.2, 0.25) is 0 Å². The summed E-state index contributed by atoms with van der Waals surface area (Å²) in [5, 5.41) is 0. The van der Waals surface area contributed by atoms with Gasteiger partial charge >= 0.3 is 0 Å². The summed E-state index contributed by atoms with van der Waals surface area (Å²) in [7, 11) is 1.93. The minimum absolute atomic E-state index is 0.567. The van der Waals surface area contributed by atoms with E-state index in [1.54, 1.807) is 0 Å². The van der Waals surface area contributed by atoms with E-state index in [-0.39, 0.29) is 0 Å². The third-order valence-electron chi connectivity index (χ3n) is 10.1. The molecule has 0 aromatic rings. The zero-order chi connectivity index (χ0) is 23.0. The van der Waals surface area contributed by atoms with Gasteiger partial charge in [-0.2, -0.15) is 0 Å². The van der Waals surface area contributed by atoms with Crippen molar-refractivity contribution in [3.63, 3.8) is 0 Å². The lowest BCUT2D eigenvalue weighted by molar-refractivity contribution is 0.0777. The standard InChI is InChI=1S/C28H57N/c1-15-16-17(2)18(3)19(4)20(5)21(6)22(7)23(8)24(9)25(10)26(11)27(12)28(13)29-14/h17-27H,15-16H2,1-14H3/b29-28-/t17?,18?,19-,20?,21?,22?,23?,24?,25+,26+,27?/m1/s1. The Bertz CT molecular complexity index is 467. The molecule has 0 fully saturated rings. The van der Waals surface area contributed by atoms with Gasteiger partial charge in [0, 0.05) is 12.8 Å². The van der Waals surface area contributed by atoms with E-state index >= 15 is 0 Å². The fourth-order valence-corrected chi connectivity index (χ4v) is 5.63. The maximum atomic E-state index is 4.46. The van der Waals surface area contributed by atoms with E-state index < -0.39 is 0 Å². The third kappa shape index (κ3) is 7.70. The van der Waals surface area contributed by atoms with Gasteiger partial charge in [-0.15, -0.1) is 0 Å². The lowest BCUT2D eigenvalue weighted by Gasteiger charge is -2.41. The maximum absolute atomic E-state index is 4.46. The highest BCUT2D eigenvalue weighted by Crippen LogP contribution is 2.41. The quantitative estimate of drug-likeness (QED) is 0.270. The highest BCUT2D eigenvalue weighted by atomic mass is 14.7. The summed E-state index contributed by atoms with van der Waals surface area (Å²) in [6, 6.07) is 0. The van der Waals surface area contributed by atoms with Crippen molar-refractivity contribution >= 4 is 5.71 Å². The number of hydrogen-bond donors (Lipinski definition) is 0. The summed E-state index contributed by atoms with van der Waals surface area (Å²) in [5.74, 6) is 8.14. The molecule has 0 amide bonds. The van der Waals surface area contributed by atoms with Gasteiger partial charge in [-0.05, 0) is 72.0 Å². The van der Waals surface area contributed by atoms with Crippen LogP contribution in [0.15, 0.2) is 4.99 Å². The molecule has 11 atom stereocenters. The first-order valence-corrected chi connectivity index (χ1v) is 12.8. The van der Waals surface area contributed by atoms with Gasteiger partial charge in [0.05, 0.1) is 0 Å². The molecule has 0 heterocycles. The third-order valence-corrected chi connectivity index (χ3v) is 10.1. The number of nitrogens with zero attached hydrogens (tertiary/aromatic N) is 1. The molecule has 0 aliphatic rings. The fraction of sp³-hybridized carbons (Fsp3) is 0.964. The van der Waals surface area contributed by atoms with E-state index in [0.717, 1.165) is 47.3 Å². The maximum Gasteiger partial charge on any atom is 0.0276 e. The van der Waals surface area contributed by atoms with Crippen molar-refractivity contribution < 1.29 is 0 Å². The van der Waals surface area contributed by atoms with Crippen LogP contribution in [0.2, 0.25) is 0 Å². The molecule has 0 saturated carbocycles. The van der Waals surface area contributed by atoms with Gasteiger partial charge in [0.1, 0.15) is 0 Å². The molecule has 0 bridgehead atoms. The van der Waals surface area contributed by atoms with E-state index in [1.165, 1.54) is 18.6 Å². The summed E-state index contributed by atoms with van der Waals surface area (Å²) in [5.41, 5.74) is 1.29. The van der Waals surface area contributed by atoms with Crippen LogP contribution in [0, 0.1) is 65.1 Å². The van der Waals surface area contributed by atoms with Crippen LogP contribution in [-0.2, 0) is 0 Å². The molecule has 0 rings (SSSR count). The highest BCUT2D eigenvalue weighted by Gasteiger charge is 2.35. The van der Waals surface area contributed by atoms with Crippen molar-refractivity contribution in [2.24, 2.45) is 70.1 Å². The molecule has 0 aliphatic heterocycles. The van der Waals surface area contributed by atoms with Crippen molar-refractivity contribution in [1.29, 1.82) is 0 Å². The molecular formula is C28H57N. The normalized spacial score (nSPS) is 24.6. The van der Waals surface area contributed by atoms with Crippen molar-refractivity contribution in [2.45, 2.75) is 103 Å². The second kappa shape index (κ2) is 13.2. The predicted molar refractivity (Wildman–Crippen MR) is 135 cm³/mol. The number of hydrogen-bond acceptors (Lipinski definition) is 1. The monoisotopic (exact) mass is 407 g/mol. The molecule has 0 radical (unpaired) electrons. The van der Waals surface area contributed by atoms with Crippen molar-refractivity contribution in [1.82, 2.24) is 0 Å². The summed E-state index contributed by atoms with van der Waals surface area (Å²) in [6.07, 6.45) is 2.67. The van der Waals surface area contributed by atoms with Crippen molar-refractivity contribution in [2.75, 3.05) is 7.05 Å². The van der Waals surface area contributed by atoms with Gasteiger partial charge in [-0.1, -0.05) is 95.9 Å². The lowest BCUT2D eigenvalue weighted by atomic mass is 9.64. The lowest BCUT2D eigenvalue weighted by Crippen LogP contribution is -2.35. The Morgan fingerprint density at radius 3 is 1.17 bits per heavy atom. The largest absolute Gasteiger partial charge is 0.297 e. The van der Waals surface area contributed by atoms with Gasteiger partial charge in [0.25, 0.3) is 0 Å². The summed E-state index contributed by atoms with van der Waals surface area (Å²) in [6.45, 7) is 31.8. The molecule has 174 valence electrons. The van der Waals surface area contributed by atoms with Crippen LogP contribution in [0.4, 0.5) is 0 Å². The molecule has 0 spiro atoms. The molecule has 0 aromatic heterocycles. The number of aliphatic imine (C=N–C) groups is 1. The first-order valence-electron chi connectivity index (χ1n) is 12.8. The second-order valence-corrected chi connectivity index (χ2v) is 11.2. The molecule has 0 saturated heterocycles. The van der Waals surface area contributed by atoms with Gasteiger partial charge in [-0.25, -0.2) is 0 Å². The smallest absolute Gasteiger partial charge is 0.0276 e. The molecule has 1 nitrogen and oxygen atoms in total. The molecule has 1 heteroatoms. The van der Waals surface area contributed by atoms with E-state index in [2.05, 4.69) is 95.0 Å².